The monoisotopic (exact) mass is 176 g/mol. The van der Waals surface area contributed by atoms with Gasteiger partial charge in [-0.05, 0) is 17.5 Å². The molecule has 2 rings (SSSR count). The number of benzene rings is 1. The summed E-state index contributed by atoms with van der Waals surface area (Å²) in [4.78, 5) is 10.1. The van der Waals surface area contributed by atoms with Crippen molar-refractivity contribution in [2.24, 2.45) is 5.18 Å². The summed E-state index contributed by atoms with van der Waals surface area (Å²) in [5.41, 5.74) is 2.68. The van der Waals surface area contributed by atoms with E-state index in [1.165, 1.54) is 11.1 Å². The van der Waals surface area contributed by atoms with Crippen molar-refractivity contribution in [3.63, 3.8) is 0 Å². The summed E-state index contributed by atoms with van der Waals surface area (Å²) in [5, 5.41) is 6.20. The van der Waals surface area contributed by atoms with E-state index in [0.717, 1.165) is 13.0 Å². The Balaban J connectivity index is 2.15. The molecule has 0 spiro atoms. The van der Waals surface area contributed by atoms with Crippen LogP contribution in [0.4, 0.5) is 0 Å². The standard InChI is InChI=1S/C10H12N2O/c13-12-7-10-5-8-3-1-2-4-9(8)6-11-10/h1-4,10-11H,5-7H2/t10-/m0/s1. The van der Waals surface area contributed by atoms with Crippen molar-refractivity contribution >= 4 is 0 Å². The minimum absolute atomic E-state index is 0.229. The largest absolute Gasteiger partial charge is 0.308 e. The maximum absolute atomic E-state index is 10.1. The van der Waals surface area contributed by atoms with Gasteiger partial charge >= 0.3 is 0 Å². The third-order valence-corrected chi connectivity index (χ3v) is 2.46. The molecule has 1 aromatic carbocycles. The van der Waals surface area contributed by atoms with Crippen LogP contribution in [0.2, 0.25) is 0 Å². The lowest BCUT2D eigenvalue weighted by Gasteiger charge is -2.23. The van der Waals surface area contributed by atoms with Crippen molar-refractivity contribution in [2.75, 3.05) is 6.54 Å². The fourth-order valence-electron chi connectivity index (χ4n) is 1.74. The highest BCUT2D eigenvalue weighted by atomic mass is 16.3. The number of nitrogens with one attached hydrogen (secondary N) is 1. The first kappa shape index (κ1) is 8.38. The maximum atomic E-state index is 10.1. The molecule has 13 heavy (non-hydrogen) atoms. The molecule has 1 N–H and O–H groups in total. The molecule has 0 fully saturated rings. The van der Waals surface area contributed by atoms with Crippen molar-refractivity contribution in [3.05, 3.63) is 40.3 Å². The van der Waals surface area contributed by atoms with Crippen LogP contribution in [0.15, 0.2) is 29.4 Å². The Bertz CT molecular complexity index is 312. The first-order valence-electron chi connectivity index (χ1n) is 4.49. The predicted molar refractivity (Wildman–Crippen MR) is 51.4 cm³/mol. The smallest absolute Gasteiger partial charge is 0.0967 e. The van der Waals surface area contributed by atoms with Crippen molar-refractivity contribution in [1.82, 2.24) is 5.32 Å². The van der Waals surface area contributed by atoms with Crippen molar-refractivity contribution in [1.29, 1.82) is 0 Å². The van der Waals surface area contributed by atoms with Gasteiger partial charge in [-0.15, -0.1) is 0 Å². The summed E-state index contributed by atoms with van der Waals surface area (Å²) in [6.07, 6.45) is 0.919. The zero-order valence-corrected chi connectivity index (χ0v) is 7.36. The average Bonchev–Trinajstić information content (AvgIpc) is 2.18. The minimum atomic E-state index is 0.229. The highest BCUT2D eigenvalue weighted by Gasteiger charge is 2.16. The molecule has 0 aliphatic carbocycles. The van der Waals surface area contributed by atoms with Gasteiger partial charge in [-0.1, -0.05) is 29.4 Å². The Morgan fingerprint density at radius 2 is 2.15 bits per heavy atom. The van der Waals surface area contributed by atoms with Crippen LogP contribution in [-0.4, -0.2) is 12.6 Å². The molecular formula is C10H12N2O. The van der Waals surface area contributed by atoms with Gasteiger partial charge in [-0.25, -0.2) is 0 Å². The first-order chi connectivity index (χ1) is 6.40. The molecule has 0 bridgehead atoms. The molecule has 3 heteroatoms. The number of rotatable bonds is 2. The molecule has 0 unspecified atom stereocenters. The Hall–Kier alpha value is -1.22. The van der Waals surface area contributed by atoms with Crippen LogP contribution in [0.3, 0.4) is 0 Å². The summed E-state index contributed by atoms with van der Waals surface area (Å²) < 4.78 is 0. The van der Waals surface area contributed by atoms with Crippen molar-refractivity contribution in [3.8, 4) is 0 Å². The summed E-state index contributed by atoms with van der Waals surface area (Å²) >= 11 is 0. The first-order valence-corrected chi connectivity index (χ1v) is 4.49. The number of fused-ring (bicyclic) bond motifs is 1. The third kappa shape index (κ3) is 1.75. The van der Waals surface area contributed by atoms with Gasteiger partial charge in [0, 0.05) is 12.6 Å². The quantitative estimate of drug-likeness (QED) is 0.693. The zero-order chi connectivity index (χ0) is 9.10. The molecule has 3 nitrogen and oxygen atoms in total. The van der Waals surface area contributed by atoms with Crippen LogP contribution in [0.1, 0.15) is 11.1 Å². The van der Waals surface area contributed by atoms with E-state index in [0.29, 0.717) is 6.54 Å². The van der Waals surface area contributed by atoms with Crippen LogP contribution in [0.5, 0.6) is 0 Å². The number of hydrogen-bond donors (Lipinski definition) is 1. The van der Waals surface area contributed by atoms with Crippen molar-refractivity contribution < 1.29 is 0 Å². The maximum Gasteiger partial charge on any atom is 0.0967 e. The summed E-state index contributed by atoms with van der Waals surface area (Å²) in [6, 6.07) is 8.54. The number of nitroso groups, excluding NO2 is 1. The van der Waals surface area contributed by atoms with E-state index in [1.54, 1.807) is 0 Å². The molecule has 0 amide bonds. The molecule has 1 heterocycles. The molecule has 1 aliphatic heterocycles. The lowest BCUT2D eigenvalue weighted by atomic mass is 9.96. The Morgan fingerprint density at radius 1 is 1.38 bits per heavy atom. The van der Waals surface area contributed by atoms with Gasteiger partial charge < -0.3 is 5.32 Å². The lowest BCUT2D eigenvalue weighted by Crippen LogP contribution is -2.37. The second kappa shape index (κ2) is 3.66. The predicted octanol–water partition coefficient (Wildman–Crippen LogP) is 1.47. The Labute approximate surface area is 77.1 Å². The van der Waals surface area contributed by atoms with Crippen LogP contribution < -0.4 is 5.32 Å². The van der Waals surface area contributed by atoms with Gasteiger partial charge in [0.15, 0.2) is 0 Å². The molecule has 0 aromatic heterocycles. The van der Waals surface area contributed by atoms with E-state index < -0.39 is 0 Å². The summed E-state index contributed by atoms with van der Waals surface area (Å²) in [6.45, 7) is 1.23. The van der Waals surface area contributed by atoms with Gasteiger partial charge in [-0.2, -0.15) is 4.91 Å². The molecule has 1 atom stereocenters. The SMILES string of the molecule is O=NC[C@@H]1Cc2ccccc2CN1. The van der Waals surface area contributed by atoms with Crippen LogP contribution in [0.25, 0.3) is 0 Å². The molecule has 68 valence electrons. The Kier molecular flexibility index (Phi) is 2.36. The number of hydrogen-bond acceptors (Lipinski definition) is 3. The molecule has 0 saturated carbocycles. The fourth-order valence-corrected chi connectivity index (χ4v) is 1.74. The zero-order valence-electron chi connectivity index (χ0n) is 7.36. The molecular weight excluding hydrogens is 164 g/mol. The topological polar surface area (TPSA) is 41.5 Å². The van der Waals surface area contributed by atoms with Crippen LogP contribution in [-0.2, 0) is 13.0 Å². The van der Waals surface area contributed by atoms with E-state index >= 15 is 0 Å². The van der Waals surface area contributed by atoms with Crippen LogP contribution >= 0.6 is 0 Å². The second-order valence-electron chi connectivity index (χ2n) is 3.36. The number of nitrogens with zero attached hydrogens (tertiary/aromatic N) is 1. The van der Waals surface area contributed by atoms with E-state index in [2.05, 4.69) is 22.6 Å². The van der Waals surface area contributed by atoms with Gasteiger partial charge in [-0.3, -0.25) is 0 Å². The van der Waals surface area contributed by atoms with Gasteiger partial charge in [0.2, 0.25) is 0 Å². The average molecular weight is 176 g/mol. The van der Waals surface area contributed by atoms with E-state index in [4.69, 9.17) is 0 Å². The van der Waals surface area contributed by atoms with E-state index in [1.807, 2.05) is 12.1 Å². The normalized spacial score (nSPS) is 20.8. The molecule has 0 radical (unpaired) electrons. The molecule has 1 aromatic rings. The van der Waals surface area contributed by atoms with Gasteiger partial charge in [0.25, 0.3) is 0 Å². The molecule has 1 aliphatic rings. The highest BCUT2D eigenvalue weighted by Crippen LogP contribution is 2.15. The van der Waals surface area contributed by atoms with E-state index in [-0.39, 0.29) is 6.04 Å². The third-order valence-electron chi connectivity index (χ3n) is 2.46. The summed E-state index contributed by atoms with van der Waals surface area (Å²) in [7, 11) is 0. The molecule has 0 saturated heterocycles. The summed E-state index contributed by atoms with van der Waals surface area (Å²) in [5.74, 6) is 0. The van der Waals surface area contributed by atoms with Gasteiger partial charge in [0.1, 0.15) is 0 Å². The second-order valence-corrected chi connectivity index (χ2v) is 3.36. The lowest BCUT2D eigenvalue weighted by molar-refractivity contribution is 0.487. The highest BCUT2D eigenvalue weighted by molar-refractivity contribution is 5.29. The van der Waals surface area contributed by atoms with Gasteiger partial charge in [0.05, 0.1) is 6.54 Å². The van der Waals surface area contributed by atoms with E-state index in [9.17, 15) is 4.91 Å². The van der Waals surface area contributed by atoms with Crippen molar-refractivity contribution in [2.45, 2.75) is 19.0 Å². The Morgan fingerprint density at radius 3 is 2.92 bits per heavy atom. The van der Waals surface area contributed by atoms with Crippen LogP contribution in [0, 0.1) is 4.91 Å². The minimum Gasteiger partial charge on any atom is -0.308 e. The fraction of sp³-hybridized carbons (Fsp3) is 0.400.